The Hall–Kier alpha value is -3.29. The summed E-state index contributed by atoms with van der Waals surface area (Å²) >= 11 is 0. The van der Waals surface area contributed by atoms with Gasteiger partial charge in [-0.15, -0.1) is 0 Å². The maximum Gasteiger partial charge on any atom is 0.293 e. The molecule has 0 unspecified atom stereocenters. The molecular formula is C19H19N5O3. The van der Waals surface area contributed by atoms with Crippen LogP contribution in [0.5, 0.6) is 0 Å². The van der Waals surface area contributed by atoms with Gasteiger partial charge in [0.2, 0.25) is 5.82 Å². The van der Waals surface area contributed by atoms with Crippen LogP contribution in [-0.4, -0.2) is 33.1 Å². The minimum absolute atomic E-state index is 0.0581. The number of nitrogens with zero attached hydrogens (tertiary/aromatic N) is 5. The van der Waals surface area contributed by atoms with Gasteiger partial charge in [-0.2, -0.15) is 4.98 Å². The van der Waals surface area contributed by atoms with Gasteiger partial charge in [0.15, 0.2) is 0 Å². The number of aromatic nitrogens is 3. The van der Waals surface area contributed by atoms with E-state index in [1.807, 2.05) is 6.07 Å². The zero-order valence-electron chi connectivity index (χ0n) is 14.9. The average molecular weight is 365 g/mol. The lowest BCUT2D eigenvalue weighted by Crippen LogP contribution is -2.34. The van der Waals surface area contributed by atoms with Crippen molar-refractivity contribution < 1.29 is 9.45 Å². The molecule has 1 fully saturated rings. The summed E-state index contributed by atoms with van der Waals surface area (Å²) in [5.74, 6) is 1.17. The number of hydrogen-bond acceptors (Lipinski definition) is 7. The van der Waals surface area contributed by atoms with Crippen LogP contribution in [0.3, 0.4) is 0 Å². The van der Waals surface area contributed by atoms with Crippen molar-refractivity contribution in [3.63, 3.8) is 0 Å². The molecule has 8 nitrogen and oxygen atoms in total. The Labute approximate surface area is 156 Å². The Morgan fingerprint density at radius 1 is 1.30 bits per heavy atom. The highest BCUT2D eigenvalue weighted by atomic mass is 16.6. The molecule has 3 heterocycles. The minimum atomic E-state index is -0.351. The molecule has 0 aliphatic carbocycles. The fourth-order valence-corrected chi connectivity index (χ4v) is 3.43. The predicted molar refractivity (Wildman–Crippen MR) is 100 cm³/mol. The summed E-state index contributed by atoms with van der Waals surface area (Å²) in [6.45, 7) is 3.83. The molecule has 3 aromatic rings. The second kappa shape index (κ2) is 7.14. The fourth-order valence-electron chi connectivity index (χ4n) is 3.43. The van der Waals surface area contributed by atoms with E-state index >= 15 is 0 Å². The standard InChI is InChI=1S/C19H19N5O3/c1-13-4-3-9-23(12-13)16-7-6-14(10-17(16)24(25)26)19-21-18(22-27-19)15-5-2-8-20-11-15/h2,5-8,10-11,13H,3-4,9,12H2,1H3/t13-/m1/s1. The molecule has 0 radical (unpaired) electrons. The first-order valence-electron chi connectivity index (χ1n) is 8.89. The van der Waals surface area contributed by atoms with Crippen LogP contribution in [0.15, 0.2) is 47.2 Å². The van der Waals surface area contributed by atoms with Crippen LogP contribution >= 0.6 is 0 Å². The van der Waals surface area contributed by atoms with E-state index < -0.39 is 0 Å². The molecule has 0 bridgehead atoms. The van der Waals surface area contributed by atoms with Crippen molar-refractivity contribution in [1.29, 1.82) is 0 Å². The zero-order valence-corrected chi connectivity index (χ0v) is 14.9. The first-order chi connectivity index (χ1) is 13.1. The van der Waals surface area contributed by atoms with Crippen LogP contribution in [0.1, 0.15) is 19.8 Å². The zero-order chi connectivity index (χ0) is 18.8. The quantitative estimate of drug-likeness (QED) is 0.510. The molecule has 1 saturated heterocycles. The van der Waals surface area contributed by atoms with E-state index in [-0.39, 0.29) is 16.5 Å². The Morgan fingerprint density at radius 3 is 2.93 bits per heavy atom. The van der Waals surface area contributed by atoms with Gasteiger partial charge in [-0.25, -0.2) is 0 Å². The lowest BCUT2D eigenvalue weighted by atomic mass is 9.99. The van der Waals surface area contributed by atoms with Crippen molar-refractivity contribution in [2.24, 2.45) is 5.92 Å². The van der Waals surface area contributed by atoms with Crippen molar-refractivity contribution in [2.75, 3.05) is 18.0 Å². The summed E-state index contributed by atoms with van der Waals surface area (Å²) < 4.78 is 5.32. The molecule has 8 heteroatoms. The molecule has 4 rings (SSSR count). The maximum atomic E-state index is 11.7. The van der Waals surface area contributed by atoms with Crippen molar-refractivity contribution in [3.05, 3.63) is 52.8 Å². The van der Waals surface area contributed by atoms with Gasteiger partial charge in [0.05, 0.1) is 4.92 Å². The molecule has 1 aliphatic rings. The number of nitro groups is 1. The van der Waals surface area contributed by atoms with Gasteiger partial charge in [0, 0.05) is 42.7 Å². The topological polar surface area (TPSA) is 98.2 Å². The second-order valence-electron chi connectivity index (χ2n) is 6.82. The van der Waals surface area contributed by atoms with Gasteiger partial charge in [-0.3, -0.25) is 15.1 Å². The van der Waals surface area contributed by atoms with Crippen molar-refractivity contribution >= 4 is 11.4 Å². The van der Waals surface area contributed by atoms with Gasteiger partial charge in [0.1, 0.15) is 5.69 Å². The Morgan fingerprint density at radius 2 is 2.19 bits per heavy atom. The third kappa shape index (κ3) is 3.51. The molecule has 138 valence electrons. The van der Waals surface area contributed by atoms with E-state index in [1.54, 1.807) is 30.6 Å². The Balaban J connectivity index is 1.67. The molecular weight excluding hydrogens is 346 g/mol. The van der Waals surface area contributed by atoms with E-state index in [0.29, 0.717) is 23.0 Å². The first kappa shape index (κ1) is 17.1. The van der Waals surface area contributed by atoms with Crippen LogP contribution < -0.4 is 4.90 Å². The van der Waals surface area contributed by atoms with Gasteiger partial charge in [0.25, 0.3) is 11.6 Å². The van der Waals surface area contributed by atoms with Crippen molar-refractivity contribution in [3.8, 4) is 22.8 Å². The summed E-state index contributed by atoms with van der Waals surface area (Å²) in [5.41, 5.74) is 1.95. The average Bonchev–Trinajstić information content (AvgIpc) is 3.18. The fraction of sp³-hybridized carbons (Fsp3) is 0.316. The highest BCUT2D eigenvalue weighted by Gasteiger charge is 2.25. The molecule has 0 N–H and O–H groups in total. The molecule has 1 atom stereocenters. The lowest BCUT2D eigenvalue weighted by molar-refractivity contribution is -0.384. The van der Waals surface area contributed by atoms with E-state index in [0.717, 1.165) is 31.5 Å². The molecule has 1 aliphatic heterocycles. The number of nitro benzene ring substituents is 1. The van der Waals surface area contributed by atoms with Crippen molar-refractivity contribution in [2.45, 2.75) is 19.8 Å². The highest BCUT2D eigenvalue weighted by molar-refractivity contribution is 5.71. The molecule has 0 saturated carbocycles. The van der Waals surface area contributed by atoms with Crippen LogP contribution in [0.2, 0.25) is 0 Å². The predicted octanol–water partition coefficient (Wildman–Crippen LogP) is 3.94. The number of anilines is 1. The van der Waals surface area contributed by atoms with Gasteiger partial charge >= 0.3 is 0 Å². The number of hydrogen-bond donors (Lipinski definition) is 0. The van der Waals surface area contributed by atoms with Crippen LogP contribution in [0, 0.1) is 16.0 Å². The largest absolute Gasteiger partial charge is 0.366 e. The second-order valence-corrected chi connectivity index (χ2v) is 6.82. The monoisotopic (exact) mass is 365 g/mol. The highest BCUT2D eigenvalue weighted by Crippen LogP contribution is 2.35. The van der Waals surface area contributed by atoms with E-state index in [4.69, 9.17) is 4.52 Å². The number of rotatable bonds is 4. The van der Waals surface area contributed by atoms with Crippen LogP contribution in [0.25, 0.3) is 22.8 Å². The normalized spacial score (nSPS) is 17.1. The third-order valence-corrected chi connectivity index (χ3v) is 4.76. The van der Waals surface area contributed by atoms with E-state index in [9.17, 15) is 10.1 Å². The SMILES string of the molecule is C[C@@H]1CCCN(c2ccc(-c3nc(-c4cccnc4)no3)cc2[N+](=O)[O-])C1. The van der Waals surface area contributed by atoms with Gasteiger partial charge in [-0.1, -0.05) is 12.1 Å². The summed E-state index contributed by atoms with van der Waals surface area (Å²) in [7, 11) is 0. The minimum Gasteiger partial charge on any atom is -0.366 e. The molecule has 27 heavy (non-hydrogen) atoms. The van der Waals surface area contributed by atoms with Crippen LogP contribution in [0.4, 0.5) is 11.4 Å². The molecule has 0 spiro atoms. The number of piperidine rings is 1. The molecule has 0 amide bonds. The van der Waals surface area contributed by atoms with Gasteiger partial charge in [-0.05, 0) is 43.0 Å². The number of pyridine rings is 1. The summed E-state index contributed by atoms with van der Waals surface area (Å²) in [5, 5.41) is 15.6. The smallest absolute Gasteiger partial charge is 0.293 e. The van der Waals surface area contributed by atoms with Crippen molar-refractivity contribution in [1.82, 2.24) is 15.1 Å². The summed E-state index contributed by atoms with van der Waals surface area (Å²) in [6, 6.07) is 8.69. The molecule has 2 aromatic heterocycles. The molecule has 1 aromatic carbocycles. The number of benzene rings is 1. The van der Waals surface area contributed by atoms with Gasteiger partial charge < -0.3 is 9.42 Å². The lowest BCUT2D eigenvalue weighted by Gasteiger charge is -2.32. The summed E-state index contributed by atoms with van der Waals surface area (Å²) in [6.07, 6.45) is 5.49. The Bertz CT molecular complexity index is 957. The third-order valence-electron chi connectivity index (χ3n) is 4.76. The van der Waals surface area contributed by atoms with E-state index in [1.165, 1.54) is 6.07 Å². The van der Waals surface area contributed by atoms with E-state index in [2.05, 4.69) is 26.9 Å². The van der Waals surface area contributed by atoms with Crippen LogP contribution in [-0.2, 0) is 0 Å². The Kier molecular flexibility index (Phi) is 4.53. The maximum absolute atomic E-state index is 11.7. The first-order valence-corrected chi connectivity index (χ1v) is 8.89. The summed E-state index contributed by atoms with van der Waals surface area (Å²) in [4.78, 5) is 21.8.